The van der Waals surface area contributed by atoms with E-state index in [0.29, 0.717) is 13.0 Å². The van der Waals surface area contributed by atoms with E-state index in [1.807, 2.05) is 13.8 Å². The number of nitrogens with zero attached hydrogens (tertiary/aromatic N) is 1. The number of nitrogens with one attached hydrogen (secondary N) is 1. The number of carbonyl (C=O) groups is 1. The van der Waals surface area contributed by atoms with Crippen LogP contribution in [0.25, 0.3) is 0 Å². The van der Waals surface area contributed by atoms with Gasteiger partial charge in [-0.3, -0.25) is 4.79 Å². The molecule has 0 unspecified atom stereocenters. The van der Waals surface area contributed by atoms with Crippen molar-refractivity contribution in [2.75, 3.05) is 6.54 Å². The van der Waals surface area contributed by atoms with Gasteiger partial charge in [-0.05, 0) is 13.8 Å². The molecule has 0 saturated carbocycles. The van der Waals surface area contributed by atoms with Crippen LogP contribution in [0.5, 0.6) is 0 Å². The summed E-state index contributed by atoms with van der Waals surface area (Å²) in [6.07, 6.45) is 0.386. The maximum absolute atomic E-state index is 10.5. The molecule has 0 bridgehead atoms. The molecular weight excluding hydrogens is 198 g/mol. The van der Waals surface area contributed by atoms with E-state index in [1.165, 1.54) is 4.88 Å². The van der Waals surface area contributed by atoms with Crippen LogP contribution < -0.4 is 11.1 Å². The SMILES string of the molecule is Cc1nc(C)c(CNCCC(N)=O)s1. The maximum atomic E-state index is 10.5. The second-order valence-electron chi connectivity index (χ2n) is 3.13. The van der Waals surface area contributed by atoms with Crippen molar-refractivity contribution in [1.29, 1.82) is 0 Å². The summed E-state index contributed by atoms with van der Waals surface area (Å²) in [5, 5.41) is 4.23. The molecule has 0 aliphatic heterocycles. The van der Waals surface area contributed by atoms with Crippen LogP contribution in [0.4, 0.5) is 0 Å². The molecule has 1 aromatic heterocycles. The lowest BCUT2D eigenvalue weighted by Gasteiger charge is -2.00. The van der Waals surface area contributed by atoms with Gasteiger partial charge in [0.15, 0.2) is 0 Å². The molecule has 0 radical (unpaired) electrons. The molecule has 5 heteroatoms. The molecule has 1 rings (SSSR count). The minimum Gasteiger partial charge on any atom is -0.370 e. The summed E-state index contributed by atoms with van der Waals surface area (Å²) in [7, 11) is 0. The second-order valence-corrected chi connectivity index (χ2v) is 4.42. The van der Waals surface area contributed by atoms with Crippen molar-refractivity contribution in [3.63, 3.8) is 0 Å². The van der Waals surface area contributed by atoms with Gasteiger partial charge in [-0.1, -0.05) is 0 Å². The molecule has 0 aliphatic rings. The number of carbonyl (C=O) groups excluding carboxylic acids is 1. The predicted molar refractivity (Wildman–Crippen MR) is 57.1 cm³/mol. The average molecular weight is 213 g/mol. The van der Waals surface area contributed by atoms with E-state index in [2.05, 4.69) is 10.3 Å². The van der Waals surface area contributed by atoms with Gasteiger partial charge in [-0.2, -0.15) is 0 Å². The van der Waals surface area contributed by atoms with E-state index in [-0.39, 0.29) is 5.91 Å². The van der Waals surface area contributed by atoms with Gasteiger partial charge in [0, 0.05) is 24.4 Å². The number of hydrogen-bond acceptors (Lipinski definition) is 4. The third-order valence-electron chi connectivity index (χ3n) is 1.83. The molecule has 3 N–H and O–H groups in total. The Balaban J connectivity index is 2.31. The number of thiazole rings is 1. The van der Waals surface area contributed by atoms with Gasteiger partial charge in [-0.25, -0.2) is 4.98 Å². The van der Waals surface area contributed by atoms with Crippen molar-refractivity contribution in [2.45, 2.75) is 26.8 Å². The van der Waals surface area contributed by atoms with Crippen molar-refractivity contribution in [3.8, 4) is 0 Å². The van der Waals surface area contributed by atoms with Gasteiger partial charge in [-0.15, -0.1) is 11.3 Å². The smallest absolute Gasteiger partial charge is 0.218 e. The maximum Gasteiger partial charge on any atom is 0.218 e. The largest absolute Gasteiger partial charge is 0.370 e. The third kappa shape index (κ3) is 3.43. The first kappa shape index (κ1) is 11.1. The Hall–Kier alpha value is -0.940. The fraction of sp³-hybridized carbons (Fsp3) is 0.556. The van der Waals surface area contributed by atoms with Gasteiger partial charge in [0.25, 0.3) is 0 Å². The van der Waals surface area contributed by atoms with Crippen molar-refractivity contribution in [3.05, 3.63) is 15.6 Å². The quantitative estimate of drug-likeness (QED) is 0.708. The zero-order valence-corrected chi connectivity index (χ0v) is 9.28. The van der Waals surface area contributed by atoms with Crippen molar-refractivity contribution < 1.29 is 4.79 Å². The van der Waals surface area contributed by atoms with Gasteiger partial charge in [0.2, 0.25) is 5.91 Å². The molecule has 1 aromatic rings. The van der Waals surface area contributed by atoms with Crippen molar-refractivity contribution >= 4 is 17.2 Å². The van der Waals surface area contributed by atoms with E-state index in [4.69, 9.17) is 5.73 Å². The second kappa shape index (κ2) is 5.07. The Bertz CT molecular complexity index is 322. The third-order valence-corrected chi connectivity index (χ3v) is 2.91. The summed E-state index contributed by atoms with van der Waals surface area (Å²) in [4.78, 5) is 16.0. The van der Waals surface area contributed by atoms with Crippen LogP contribution in [0.3, 0.4) is 0 Å². The molecule has 0 saturated heterocycles. The molecule has 4 nitrogen and oxygen atoms in total. The Morgan fingerprint density at radius 1 is 1.57 bits per heavy atom. The number of aromatic nitrogens is 1. The lowest BCUT2D eigenvalue weighted by molar-refractivity contribution is -0.117. The van der Waals surface area contributed by atoms with Crippen LogP contribution in [0, 0.1) is 13.8 Å². The highest BCUT2D eigenvalue weighted by atomic mass is 32.1. The highest BCUT2D eigenvalue weighted by Crippen LogP contribution is 2.16. The molecule has 0 aromatic carbocycles. The zero-order valence-electron chi connectivity index (χ0n) is 8.46. The summed E-state index contributed by atoms with van der Waals surface area (Å²) < 4.78 is 0. The van der Waals surface area contributed by atoms with Gasteiger partial charge in [0.05, 0.1) is 10.7 Å². The minimum atomic E-state index is -0.269. The lowest BCUT2D eigenvalue weighted by atomic mass is 10.3. The van der Waals surface area contributed by atoms with Gasteiger partial charge < -0.3 is 11.1 Å². The van der Waals surface area contributed by atoms with Crippen molar-refractivity contribution in [2.24, 2.45) is 5.73 Å². The first-order valence-corrected chi connectivity index (χ1v) is 5.33. The molecule has 0 aliphatic carbocycles. The van der Waals surface area contributed by atoms with E-state index in [1.54, 1.807) is 11.3 Å². The normalized spacial score (nSPS) is 10.4. The fourth-order valence-corrected chi connectivity index (χ4v) is 2.06. The first-order chi connectivity index (χ1) is 6.59. The Morgan fingerprint density at radius 3 is 2.79 bits per heavy atom. The summed E-state index contributed by atoms with van der Waals surface area (Å²) in [5.41, 5.74) is 6.09. The van der Waals surface area contributed by atoms with Crippen LogP contribution in [0.1, 0.15) is 22.0 Å². The Kier molecular flexibility index (Phi) is 4.03. The van der Waals surface area contributed by atoms with Crippen molar-refractivity contribution in [1.82, 2.24) is 10.3 Å². The van der Waals surface area contributed by atoms with E-state index in [0.717, 1.165) is 17.2 Å². The molecule has 0 spiro atoms. The van der Waals surface area contributed by atoms with Crippen LogP contribution in [-0.2, 0) is 11.3 Å². The summed E-state index contributed by atoms with van der Waals surface area (Å²) in [6, 6.07) is 0. The molecule has 78 valence electrons. The first-order valence-electron chi connectivity index (χ1n) is 4.51. The standard InChI is InChI=1S/C9H15N3OS/c1-6-8(14-7(2)12-6)5-11-4-3-9(10)13/h11H,3-5H2,1-2H3,(H2,10,13). The molecule has 0 fully saturated rings. The lowest BCUT2D eigenvalue weighted by Crippen LogP contribution is -2.21. The van der Waals surface area contributed by atoms with Crippen LogP contribution >= 0.6 is 11.3 Å². The van der Waals surface area contributed by atoms with Gasteiger partial charge >= 0.3 is 0 Å². The van der Waals surface area contributed by atoms with E-state index < -0.39 is 0 Å². The number of hydrogen-bond donors (Lipinski definition) is 2. The summed E-state index contributed by atoms with van der Waals surface area (Å²) in [5.74, 6) is -0.269. The monoisotopic (exact) mass is 213 g/mol. The molecule has 14 heavy (non-hydrogen) atoms. The molecule has 1 amide bonds. The van der Waals surface area contributed by atoms with E-state index in [9.17, 15) is 4.79 Å². The minimum absolute atomic E-state index is 0.269. The fourth-order valence-electron chi connectivity index (χ4n) is 1.15. The Labute approximate surface area is 87.5 Å². The highest BCUT2D eigenvalue weighted by Gasteiger charge is 2.03. The van der Waals surface area contributed by atoms with Crippen LogP contribution in [-0.4, -0.2) is 17.4 Å². The number of aryl methyl sites for hydroxylation is 2. The summed E-state index contributed by atoms with van der Waals surface area (Å²) >= 11 is 1.68. The number of nitrogens with two attached hydrogens (primary N) is 1. The summed E-state index contributed by atoms with van der Waals surface area (Å²) in [6.45, 7) is 5.38. The number of amides is 1. The highest BCUT2D eigenvalue weighted by molar-refractivity contribution is 7.11. The Morgan fingerprint density at radius 2 is 2.29 bits per heavy atom. The zero-order chi connectivity index (χ0) is 10.6. The number of primary amides is 1. The average Bonchev–Trinajstić information content (AvgIpc) is 2.39. The van der Waals surface area contributed by atoms with Crippen LogP contribution in [0.15, 0.2) is 0 Å². The molecule has 1 heterocycles. The predicted octanol–water partition coefficient (Wildman–Crippen LogP) is 0.725. The van der Waals surface area contributed by atoms with Gasteiger partial charge in [0.1, 0.15) is 0 Å². The van der Waals surface area contributed by atoms with Crippen LogP contribution in [0.2, 0.25) is 0 Å². The molecule has 0 atom stereocenters. The molecular formula is C9H15N3OS. The number of rotatable bonds is 5. The topological polar surface area (TPSA) is 68.0 Å². The van der Waals surface area contributed by atoms with E-state index >= 15 is 0 Å².